The van der Waals surface area contributed by atoms with Gasteiger partial charge in [0.15, 0.2) is 6.23 Å². The number of phenolic OH excluding ortho intramolecular Hbond substituents is 1. The molecule has 0 aromatic heterocycles. The van der Waals surface area contributed by atoms with Crippen LogP contribution in [-0.4, -0.2) is 223 Å². The first kappa shape index (κ1) is 66.9. The lowest BCUT2D eigenvalue weighted by molar-refractivity contribution is -0.149. The van der Waals surface area contributed by atoms with E-state index in [0.717, 1.165) is 70.9 Å². The number of likely N-dealkylation sites (N-methyl/N-ethyl adjacent to an activating group) is 1. The lowest BCUT2D eigenvalue weighted by atomic mass is 9.96. The molecule has 7 rings (SSSR count). The topological polar surface area (TPSA) is 370 Å². The predicted octanol–water partition coefficient (Wildman–Crippen LogP) is -0.341. The Morgan fingerprint density at radius 3 is 1.76 bits per heavy atom. The Bertz CT molecular complexity index is 2990. The Morgan fingerprint density at radius 1 is 0.655 bits per heavy atom. The number of ether oxygens (including phenoxy) is 2. The molecule has 0 aliphatic carbocycles. The zero-order valence-corrected chi connectivity index (χ0v) is 49.6. The zero-order chi connectivity index (χ0) is 63.4. The number of hydrogen-bond donors (Lipinski definition) is 13. The van der Waals surface area contributed by atoms with Gasteiger partial charge in [0.2, 0.25) is 35.4 Å². The summed E-state index contributed by atoms with van der Waals surface area (Å²) in [4.78, 5) is 105. The van der Waals surface area contributed by atoms with Gasteiger partial charge in [0.25, 0.3) is 5.91 Å². The molecule has 25 heteroatoms. The van der Waals surface area contributed by atoms with Crippen LogP contribution in [0.15, 0.2) is 97.1 Å². The van der Waals surface area contributed by atoms with E-state index < -0.39 is 152 Å². The maximum Gasteiger partial charge on any atom is 0.251 e. The average Bonchev–Trinajstić information content (AvgIpc) is 2.34. The molecule has 7 amide bonds. The van der Waals surface area contributed by atoms with Gasteiger partial charge in [-0.25, -0.2) is 0 Å². The van der Waals surface area contributed by atoms with Gasteiger partial charge in [0, 0.05) is 44.0 Å². The van der Waals surface area contributed by atoms with Crippen LogP contribution >= 0.6 is 0 Å². The van der Waals surface area contributed by atoms with Crippen molar-refractivity contribution in [2.75, 3.05) is 46.9 Å². The van der Waals surface area contributed by atoms with Crippen molar-refractivity contribution in [3.05, 3.63) is 108 Å². The van der Waals surface area contributed by atoms with Crippen molar-refractivity contribution in [1.29, 1.82) is 0 Å². The summed E-state index contributed by atoms with van der Waals surface area (Å²) in [6, 6.07) is 15.2. The quantitative estimate of drug-likeness (QED) is 0.0567. The molecule has 3 fully saturated rings. The molecule has 4 aromatic rings. The molecule has 25 nitrogen and oxygen atoms in total. The fraction of sp³-hybridized carbons (Fsp3) is 0.500. The predicted molar refractivity (Wildman–Crippen MR) is 316 cm³/mol. The molecule has 0 saturated carbocycles. The molecule has 6 unspecified atom stereocenters. The van der Waals surface area contributed by atoms with Gasteiger partial charge in [-0.3, -0.25) is 33.6 Å². The van der Waals surface area contributed by atoms with Crippen LogP contribution in [0.25, 0.3) is 22.3 Å². The number of carbonyl (C=O) groups excluding carboxylic acids is 7. The second-order valence-corrected chi connectivity index (χ2v) is 22.9. The number of hydrogen-bond acceptors (Lipinski definition) is 18. The number of aliphatic hydroxyl groups excluding tert-OH is 7. The van der Waals surface area contributed by atoms with Crippen LogP contribution in [0.4, 0.5) is 0 Å². The third-order valence-electron chi connectivity index (χ3n) is 15.9. The van der Waals surface area contributed by atoms with Gasteiger partial charge in [-0.1, -0.05) is 87.4 Å². The van der Waals surface area contributed by atoms with Crippen LogP contribution in [0.3, 0.4) is 0 Å². The molecule has 3 aliphatic rings. The van der Waals surface area contributed by atoms with Crippen LogP contribution in [0, 0.1) is 5.92 Å². The number of carbonyl (C=O) groups is 7. The molecule has 3 aliphatic heterocycles. The minimum Gasteiger partial charge on any atom is -0.508 e. The normalized spacial score (nSPS) is 26.7. The highest BCUT2D eigenvalue weighted by atomic mass is 16.5. The van der Waals surface area contributed by atoms with Crippen molar-refractivity contribution < 1.29 is 83.9 Å². The van der Waals surface area contributed by atoms with Crippen molar-refractivity contribution in [1.82, 2.24) is 41.3 Å². The number of nitrogens with zero attached hydrogens (tertiary/aromatic N) is 3. The van der Waals surface area contributed by atoms with Crippen molar-refractivity contribution in [2.45, 2.75) is 145 Å². The van der Waals surface area contributed by atoms with E-state index in [-0.39, 0.29) is 36.6 Å². The summed E-state index contributed by atoms with van der Waals surface area (Å²) in [5.74, 6) is -8.26. The Kier molecular flexibility index (Phi) is 23.4. The van der Waals surface area contributed by atoms with Crippen molar-refractivity contribution in [3.8, 4) is 33.8 Å². The highest BCUT2D eigenvalue weighted by Crippen LogP contribution is 2.30. The van der Waals surface area contributed by atoms with Crippen LogP contribution in [0.1, 0.15) is 81.8 Å². The summed E-state index contributed by atoms with van der Waals surface area (Å²) >= 11 is 0. The van der Waals surface area contributed by atoms with Gasteiger partial charge in [-0.15, -0.1) is 0 Å². The number of unbranched alkanes of at least 4 members (excludes halogenated alkanes) is 2. The summed E-state index contributed by atoms with van der Waals surface area (Å²) in [5, 5.41) is 102. The molecule has 13 N–H and O–H groups in total. The average molecular weight is 1210 g/mol. The fourth-order valence-corrected chi connectivity index (χ4v) is 10.7. The molecule has 0 spiro atoms. The summed E-state index contributed by atoms with van der Waals surface area (Å²) in [7, 11) is 3.43. The van der Waals surface area contributed by atoms with Crippen LogP contribution in [0.2, 0.25) is 0 Å². The number of nitrogens with one attached hydrogen (secondary N) is 5. The molecule has 0 radical (unpaired) electrons. The third-order valence-corrected chi connectivity index (χ3v) is 15.9. The Labute approximate surface area is 504 Å². The first-order chi connectivity index (χ1) is 41.4. The first-order valence-electron chi connectivity index (χ1n) is 29.3. The largest absolute Gasteiger partial charge is 0.508 e. The SMILES string of the molecule is CCCCCOc1ccc(-c2ccc(-c3ccc(C(=O)N[C@@H]4C[C@@H](O)C(OCCN(C)C)NC(=O)C5[C@@H](O)[C@@H](C)CN5C(=O)C([C@@H](C)O)NC(=O)C([C@H](O)[C@@H](O)c5ccc(O)cc5)NC(=O)C5C[C@@H](O)CN5C(=O)C([C@@H](C)O)NC4=O)cc3)cc2)cc1. The maximum atomic E-state index is 14.8. The molecule has 87 heavy (non-hydrogen) atoms. The molecule has 3 saturated heterocycles. The minimum atomic E-state index is -2.29. The van der Waals surface area contributed by atoms with Crippen molar-refractivity contribution in [2.24, 2.45) is 5.92 Å². The van der Waals surface area contributed by atoms with Gasteiger partial charge in [0.05, 0.1) is 37.6 Å². The van der Waals surface area contributed by atoms with Gasteiger partial charge in [0.1, 0.15) is 66.1 Å². The number of benzene rings is 4. The Hall–Kier alpha value is -7.59. The summed E-state index contributed by atoms with van der Waals surface area (Å²) in [6.45, 7) is 5.69. The molecule has 3 heterocycles. The molecule has 0 bridgehead atoms. The van der Waals surface area contributed by atoms with E-state index >= 15 is 0 Å². The first-order valence-corrected chi connectivity index (χ1v) is 29.3. The second-order valence-electron chi connectivity index (χ2n) is 22.9. The third kappa shape index (κ3) is 16.9. The lowest BCUT2D eigenvalue weighted by Crippen LogP contribution is -2.64. The fourth-order valence-electron chi connectivity index (χ4n) is 10.7. The standard InChI is InChI=1S/C62H82N8O17/c1-7-8-9-27-86-44-24-20-39(21-25-44)37-12-10-36(11-13-37)38-14-16-41(17-15-38)55(79)63-45-30-47(75)60(87-28-26-68(5)6)67-59(83)51-52(76)33(2)31-70(51)62(85)49(35(4)72)65-58(82)50(54(78)53(77)40-18-22-42(73)23-19-40)66-57(81)46-29-43(74)32-69(46)61(84)48(34(3)71)64-56(45)80/h10-25,33-35,43,45-54,60,71-78H,7-9,26-32H2,1-6H3,(H,63,79)(H,64,80)(H,65,82)(H,66,81)(H,67,83)/t33-,34+,35+,43+,45+,46?,47+,48?,49?,50?,51?,52-,53-,54-,60?/m0/s1. The molecular formula is C62H82N8O17. The highest BCUT2D eigenvalue weighted by molar-refractivity contribution is 6.00. The van der Waals surface area contributed by atoms with Gasteiger partial charge in [-0.05, 0) is 98.6 Å². The van der Waals surface area contributed by atoms with E-state index in [1.54, 1.807) is 31.1 Å². The van der Waals surface area contributed by atoms with E-state index in [2.05, 4.69) is 33.5 Å². The van der Waals surface area contributed by atoms with Crippen molar-refractivity contribution in [3.63, 3.8) is 0 Å². The second kappa shape index (κ2) is 30.4. The molecular weight excluding hydrogens is 1130 g/mol. The van der Waals surface area contributed by atoms with Crippen LogP contribution < -0.4 is 31.3 Å². The number of rotatable bonds is 18. The summed E-state index contributed by atoms with van der Waals surface area (Å²) < 4.78 is 11.9. The minimum absolute atomic E-state index is 0.0451. The van der Waals surface area contributed by atoms with E-state index in [4.69, 9.17) is 9.47 Å². The van der Waals surface area contributed by atoms with E-state index in [0.29, 0.717) is 6.61 Å². The smallest absolute Gasteiger partial charge is 0.251 e. The van der Waals surface area contributed by atoms with Crippen molar-refractivity contribution >= 4 is 41.4 Å². The monoisotopic (exact) mass is 1210 g/mol. The number of aliphatic hydroxyl groups is 7. The zero-order valence-electron chi connectivity index (χ0n) is 49.6. The summed E-state index contributed by atoms with van der Waals surface area (Å²) in [6.07, 6.45) is -12.6. The molecule has 4 aromatic carbocycles. The number of phenols is 1. The van der Waals surface area contributed by atoms with Crippen LogP contribution in [0.5, 0.6) is 11.5 Å². The van der Waals surface area contributed by atoms with E-state index in [1.165, 1.54) is 43.3 Å². The molecule has 15 atom stereocenters. The number of fused-ring (bicyclic) bond motifs is 2. The van der Waals surface area contributed by atoms with Gasteiger partial charge < -0.3 is 91.6 Å². The maximum absolute atomic E-state index is 14.8. The lowest BCUT2D eigenvalue weighted by Gasteiger charge is -2.34. The number of aromatic hydroxyl groups is 1. The highest BCUT2D eigenvalue weighted by Gasteiger charge is 2.50. The van der Waals surface area contributed by atoms with Gasteiger partial charge in [-0.2, -0.15) is 0 Å². The van der Waals surface area contributed by atoms with E-state index in [1.807, 2.05) is 48.5 Å². The molecule has 472 valence electrons. The number of amides is 7. The Balaban J connectivity index is 1.22. The van der Waals surface area contributed by atoms with Crippen LogP contribution in [-0.2, 0) is 33.5 Å². The summed E-state index contributed by atoms with van der Waals surface area (Å²) in [5.41, 5.74) is 3.47. The van der Waals surface area contributed by atoms with Gasteiger partial charge >= 0.3 is 0 Å². The Morgan fingerprint density at radius 2 is 1.20 bits per heavy atom. The van der Waals surface area contributed by atoms with E-state index in [9.17, 15) is 74.4 Å².